The van der Waals surface area contributed by atoms with Crippen molar-refractivity contribution in [1.82, 2.24) is 0 Å². The van der Waals surface area contributed by atoms with Gasteiger partial charge in [-0.05, 0) is 36.1 Å². The van der Waals surface area contributed by atoms with E-state index in [2.05, 4.69) is 0 Å². The number of Topliss-reactive ketones (excluding diaryl/α,β-unsaturated/α-hetero) is 1. The summed E-state index contributed by atoms with van der Waals surface area (Å²) in [7, 11) is 0. The minimum Gasteiger partial charge on any atom is -0.507 e. The lowest BCUT2D eigenvalue weighted by atomic mass is 9.84. The van der Waals surface area contributed by atoms with E-state index < -0.39 is 5.97 Å². The van der Waals surface area contributed by atoms with Crippen LogP contribution >= 0.6 is 0 Å². The van der Waals surface area contributed by atoms with Gasteiger partial charge in [-0.25, -0.2) is 0 Å². The number of rotatable bonds is 1. The van der Waals surface area contributed by atoms with Crippen LogP contribution in [0.2, 0.25) is 0 Å². The summed E-state index contributed by atoms with van der Waals surface area (Å²) in [5.41, 5.74) is 2.26. The first-order chi connectivity index (χ1) is 10.1. The Morgan fingerprint density at radius 2 is 2.14 bits per heavy atom. The molecule has 0 aliphatic heterocycles. The van der Waals surface area contributed by atoms with Crippen molar-refractivity contribution in [1.29, 1.82) is 0 Å². The zero-order valence-electron chi connectivity index (χ0n) is 11.6. The van der Waals surface area contributed by atoms with Gasteiger partial charge in [0.15, 0.2) is 0 Å². The Bertz CT molecular complexity index is 735. The van der Waals surface area contributed by atoms with Crippen molar-refractivity contribution >= 4 is 11.8 Å². The summed E-state index contributed by atoms with van der Waals surface area (Å²) in [5, 5.41) is 9.97. The molecule has 0 unspecified atom stereocenters. The van der Waals surface area contributed by atoms with Crippen molar-refractivity contribution in [2.24, 2.45) is 0 Å². The van der Waals surface area contributed by atoms with Gasteiger partial charge in [0.2, 0.25) is 5.78 Å². The first-order valence-electron chi connectivity index (χ1n) is 6.72. The largest absolute Gasteiger partial charge is 0.507 e. The summed E-state index contributed by atoms with van der Waals surface area (Å²) < 4.78 is 5.19. The second kappa shape index (κ2) is 5.05. The molecule has 1 aromatic carbocycles. The zero-order valence-corrected chi connectivity index (χ0v) is 11.6. The number of carbonyl (C=O) groups excluding carboxylic acids is 2. The van der Waals surface area contributed by atoms with E-state index in [1.165, 1.54) is 13.0 Å². The number of hydrogen-bond donors (Lipinski definition) is 1. The van der Waals surface area contributed by atoms with Gasteiger partial charge in [0.25, 0.3) is 0 Å². The number of aromatic hydroxyl groups is 1. The third kappa shape index (κ3) is 2.29. The number of hydrogen-bond acceptors (Lipinski definition) is 4. The van der Waals surface area contributed by atoms with Gasteiger partial charge in [-0.15, -0.1) is 0 Å². The lowest BCUT2D eigenvalue weighted by molar-refractivity contribution is -0.136. The number of allylic oxidation sites excluding steroid dienone is 5. The molecule has 0 saturated carbocycles. The molecule has 1 N–H and O–H groups in total. The van der Waals surface area contributed by atoms with E-state index in [0.29, 0.717) is 24.0 Å². The highest BCUT2D eigenvalue weighted by atomic mass is 16.5. The maximum absolute atomic E-state index is 12.7. The molecule has 21 heavy (non-hydrogen) atoms. The number of ether oxygens (including phenoxy) is 1. The molecule has 0 radical (unpaired) electrons. The van der Waals surface area contributed by atoms with Crippen molar-refractivity contribution in [2.75, 3.05) is 0 Å². The Balaban J connectivity index is 2.15. The Morgan fingerprint density at radius 3 is 2.90 bits per heavy atom. The van der Waals surface area contributed by atoms with Crippen LogP contribution in [0, 0.1) is 0 Å². The van der Waals surface area contributed by atoms with E-state index in [1.54, 1.807) is 12.1 Å². The van der Waals surface area contributed by atoms with Gasteiger partial charge in [0.1, 0.15) is 11.5 Å². The summed E-state index contributed by atoms with van der Waals surface area (Å²) in [6.45, 7) is 1.30. The lowest BCUT2D eigenvalue weighted by Crippen LogP contribution is -2.19. The molecule has 0 heterocycles. The van der Waals surface area contributed by atoms with Gasteiger partial charge >= 0.3 is 5.97 Å². The maximum atomic E-state index is 12.7. The Hall–Kier alpha value is -2.62. The van der Waals surface area contributed by atoms with Crippen LogP contribution in [-0.4, -0.2) is 16.9 Å². The van der Waals surface area contributed by atoms with E-state index in [0.717, 1.165) is 11.1 Å². The lowest BCUT2D eigenvalue weighted by Gasteiger charge is -2.21. The van der Waals surface area contributed by atoms with Crippen LogP contribution in [0.5, 0.6) is 5.75 Å². The molecule has 0 saturated heterocycles. The molecule has 0 amide bonds. The highest BCUT2D eigenvalue weighted by Crippen LogP contribution is 2.36. The number of ketones is 1. The second-order valence-corrected chi connectivity index (χ2v) is 5.02. The van der Waals surface area contributed by atoms with E-state index in [4.69, 9.17) is 4.74 Å². The average Bonchev–Trinajstić information content (AvgIpc) is 2.61. The molecule has 4 heteroatoms. The second-order valence-electron chi connectivity index (χ2n) is 5.02. The van der Waals surface area contributed by atoms with Gasteiger partial charge in [0, 0.05) is 6.92 Å². The standard InChI is InChI=1S/C17H14O4/c1-10(18)21-14-8-3-2-5-12-9-11-6-4-7-13(19)15(11)17(20)16(12)14/h2,4-8,19H,3,9H2,1H3. The van der Waals surface area contributed by atoms with Gasteiger partial charge in [-0.1, -0.05) is 24.3 Å². The SMILES string of the molecule is CC(=O)OC1=CCC=CC2=C1C(=O)c1c(O)cccc1C2. The summed E-state index contributed by atoms with van der Waals surface area (Å²) in [6.07, 6.45) is 6.63. The number of esters is 1. The minimum atomic E-state index is -0.467. The molecule has 1 aromatic rings. The molecule has 0 atom stereocenters. The quantitative estimate of drug-likeness (QED) is 0.804. The minimum absolute atomic E-state index is 0.0422. The third-order valence-electron chi connectivity index (χ3n) is 3.54. The summed E-state index contributed by atoms with van der Waals surface area (Å²) in [6, 6.07) is 5.03. The molecule has 0 bridgehead atoms. The Labute approximate surface area is 122 Å². The van der Waals surface area contributed by atoms with E-state index >= 15 is 0 Å². The van der Waals surface area contributed by atoms with Crippen LogP contribution in [0.4, 0.5) is 0 Å². The first-order valence-corrected chi connectivity index (χ1v) is 6.72. The number of phenolic OH excluding ortho intramolecular Hbond substituents is 1. The highest BCUT2D eigenvalue weighted by molar-refractivity contribution is 6.16. The third-order valence-corrected chi connectivity index (χ3v) is 3.54. The maximum Gasteiger partial charge on any atom is 0.308 e. The Kier molecular flexibility index (Phi) is 3.22. The molecule has 0 spiro atoms. The summed E-state index contributed by atoms with van der Waals surface area (Å²) in [5.74, 6) is -0.532. The number of fused-ring (bicyclic) bond motifs is 1. The van der Waals surface area contributed by atoms with Gasteiger partial charge in [-0.3, -0.25) is 9.59 Å². The van der Waals surface area contributed by atoms with E-state index in [1.807, 2.05) is 18.2 Å². The predicted octanol–water partition coefficient (Wildman–Crippen LogP) is 2.83. The Morgan fingerprint density at radius 1 is 1.33 bits per heavy atom. The summed E-state index contributed by atoms with van der Waals surface area (Å²) in [4.78, 5) is 24.0. The monoisotopic (exact) mass is 282 g/mol. The van der Waals surface area contributed by atoms with Crippen molar-refractivity contribution in [3.8, 4) is 5.75 Å². The number of benzene rings is 1. The highest BCUT2D eigenvalue weighted by Gasteiger charge is 2.31. The molecule has 2 aliphatic rings. The normalized spacial score (nSPS) is 16.8. The van der Waals surface area contributed by atoms with Crippen molar-refractivity contribution in [2.45, 2.75) is 19.8 Å². The average molecular weight is 282 g/mol. The van der Waals surface area contributed by atoms with E-state index in [9.17, 15) is 14.7 Å². The van der Waals surface area contributed by atoms with E-state index in [-0.39, 0.29) is 17.3 Å². The smallest absolute Gasteiger partial charge is 0.308 e. The molecule has 0 fully saturated rings. The van der Waals surface area contributed by atoms with Crippen molar-refractivity contribution in [3.63, 3.8) is 0 Å². The van der Waals surface area contributed by atoms with Crippen LogP contribution in [0.15, 0.2) is 53.3 Å². The fourth-order valence-corrected chi connectivity index (χ4v) is 2.71. The van der Waals surface area contributed by atoms with Crippen LogP contribution in [0.1, 0.15) is 29.3 Å². The fraction of sp³-hybridized carbons (Fsp3) is 0.176. The molecule has 106 valence electrons. The zero-order chi connectivity index (χ0) is 15.0. The van der Waals surface area contributed by atoms with Crippen LogP contribution in [0.25, 0.3) is 0 Å². The number of carbonyl (C=O) groups is 2. The molecule has 2 aliphatic carbocycles. The van der Waals surface area contributed by atoms with Crippen LogP contribution in [-0.2, 0) is 16.0 Å². The molecule has 0 aromatic heterocycles. The van der Waals surface area contributed by atoms with Crippen LogP contribution in [0.3, 0.4) is 0 Å². The van der Waals surface area contributed by atoms with Crippen LogP contribution < -0.4 is 0 Å². The topological polar surface area (TPSA) is 63.6 Å². The van der Waals surface area contributed by atoms with Crippen molar-refractivity contribution < 1.29 is 19.4 Å². The van der Waals surface area contributed by atoms with Gasteiger partial charge in [0.05, 0.1) is 11.1 Å². The molecular formula is C17H14O4. The predicted molar refractivity (Wildman–Crippen MR) is 76.8 cm³/mol. The molecular weight excluding hydrogens is 268 g/mol. The molecule has 3 rings (SSSR count). The summed E-state index contributed by atoms with van der Waals surface area (Å²) >= 11 is 0. The van der Waals surface area contributed by atoms with Gasteiger partial charge in [-0.2, -0.15) is 0 Å². The van der Waals surface area contributed by atoms with Gasteiger partial charge < -0.3 is 9.84 Å². The van der Waals surface area contributed by atoms with Crippen molar-refractivity contribution in [3.05, 3.63) is 64.5 Å². The molecule has 4 nitrogen and oxygen atoms in total. The number of phenols is 1. The first kappa shape index (κ1) is 13.4. The fourth-order valence-electron chi connectivity index (χ4n) is 2.71.